The second-order valence-electron chi connectivity index (χ2n) is 4.34. The molecular formula is C15H15BrN2O2. The Hall–Kier alpha value is -1.88. The molecule has 1 heterocycles. The molecule has 0 bridgehead atoms. The van der Waals surface area contributed by atoms with E-state index in [1.807, 2.05) is 25.1 Å². The van der Waals surface area contributed by atoms with Crippen LogP contribution in [0, 0.1) is 6.92 Å². The number of hydrogen-bond donors (Lipinski definition) is 1. The van der Waals surface area contributed by atoms with Gasteiger partial charge in [-0.05, 0) is 52.7 Å². The van der Waals surface area contributed by atoms with Crippen molar-refractivity contribution in [3.05, 3.63) is 57.8 Å². The lowest BCUT2D eigenvalue weighted by Gasteiger charge is -2.10. The van der Waals surface area contributed by atoms with Crippen molar-refractivity contribution in [2.45, 2.75) is 13.5 Å². The third kappa shape index (κ3) is 3.57. The van der Waals surface area contributed by atoms with Gasteiger partial charge in [0.15, 0.2) is 0 Å². The Bertz CT molecular complexity index is 612. The van der Waals surface area contributed by atoms with Crippen LogP contribution >= 0.6 is 15.9 Å². The number of esters is 1. The van der Waals surface area contributed by atoms with Crippen molar-refractivity contribution in [3.63, 3.8) is 0 Å². The van der Waals surface area contributed by atoms with Crippen molar-refractivity contribution in [1.82, 2.24) is 4.98 Å². The monoisotopic (exact) mass is 334 g/mol. The van der Waals surface area contributed by atoms with Gasteiger partial charge in [0.1, 0.15) is 0 Å². The number of aromatic nitrogens is 1. The minimum atomic E-state index is -0.338. The van der Waals surface area contributed by atoms with Crippen LogP contribution in [0.1, 0.15) is 21.6 Å². The van der Waals surface area contributed by atoms with Crippen molar-refractivity contribution in [1.29, 1.82) is 0 Å². The van der Waals surface area contributed by atoms with E-state index >= 15 is 0 Å². The van der Waals surface area contributed by atoms with Crippen molar-refractivity contribution >= 4 is 27.6 Å². The smallest absolute Gasteiger partial charge is 0.337 e. The van der Waals surface area contributed by atoms with Gasteiger partial charge >= 0.3 is 5.97 Å². The van der Waals surface area contributed by atoms with Crippen LogP contribution in [0.25, 0.3) is 0 Å². The summed E-state index contributed by atoms with van der Waals surface area (Å²) in [6.07, 6.45) is 1.76. The maximum atomic E-state index is 11.5. The number of benzene rings is 1. The number of ether oxygens (including phenoxy) is 1. The largest absolute Gasteiger partial charge is 0.465 e. The van der Waals surface area contributed by atoms with Gasteiger partial charge in [0.25, 0.3) is 0 Å². The maximum absolute atomic E-state index is 11.5. The van der Waals surface area contributed by atoms with Crippen LogP contribution in [0.3, 0.4) is 0 Å². The normalized spacial score (nSPS) is 10.2. The highest BCUT2D eigenvalue weighted by molar-refractivity contribution is 9.10. The molecule has 1 N–H and O–H groups in total. The predicted molar refractivity (Wildman–Crippen MR) is 81.8 cm³/mol. The summed E-state index contributed by atoms with van der Waals surface area (Å²) in [6, 6.07) is 9.33. The fraction of sp³-hybridized carbons (Fsp3) is 0.200. The molecule has 0 aliphatic rings. The molecule has 0 radical (unpaired) electrons. The summed E-state index contributed by atoms with van der Waals surface area (Å²) in [5, 5.41) is 3.28. The summed E-state index contributed by atoms with van der Waals surface area (Å²) >= 11 is 3.35. The molecule has 20 heavy (non-hydrogen) atoms. The van der Waals surface area contributed by atoms with E-state index in [1.165, 1.54) is 7.11 Å². The lowest BCUT2D eigenvalue weighted by Crippen LogP contribution is -2.06. The van der Waals surface area contributed by atoms with Crippen molar-refractivity contribution in [3.8, 4) is 0 Å². The first-order valence-corrected chi connectivity index (χ1v) is 6.92. The molecule has 0 aliphatic heterocycles. The Kier molecular flexibility index (Phi) is 4.74. The molecule has 104 valence electrons. The fourth-order valence-corrected chi connectivity index (χ4v) is 1.99. The van der Waals surface area contributed by atoms with Crippen LogP contribution in [-0.2, 0) is 11.3 Å². The second kappa shape index (κ2) is 6.52. The summed E-state index contributed by atoms with van der Waals surface area (Å²) in [7, 11) is 1.38. The van der Waals surface area contributed by atoms with Crippen LogP contribution in [-0.4, -0.2) is 18.1 Å². The number of carbonyl (C=O) groups excluding carboxylic acids is 1. The second-order valence-corrected chi connectivity index (χ2v) is 5.26. The van der Waals surface area contributed by atoms with Gasteiger partial charge in [-0.2, -0.15) is 0 Å². The molecule has 0 saturated carbocycles. The molecule has 4 nitrogen and oxygen atoms in total. The van der Waals surface area contributed by atoms with E-state index in [9.17, 15) is 4.79 Å². The SMILES string of the molecule is COC(=O)c1ccc(C)c(NCc2ccc(Br)cn2)c1. The Morgan fingerprint density at radius 1 is 1.35 bits per heavy atom. The fourth-order valence-electron chi connectivity index (χ4n) is 1.75. The average molecular weight is 335 g/mol. The third-order valence-corrected chi connectivity index (χ3v) is 3.38. The summed E-state index contributed by atoms with van der Waals surface area (Å²) in [4.78, 5) is 15.8. The van der Waals surface area contributed by atoms with E-state index in [2.05, 4.69) is 26.2 Å². The lowest BCUT2D eigenvalue weighted by molar-refractivity contribution is 0.0601. The number of pyridine rings is 1. The van der Waals surface area contributed by atoms with Gasteiger partial charge in [0, 0.05) is 16.4 Å². The molecule has 0 aliphatic carbocycles. The van der Waals surface area contributed by atoms with E-state index in [0.29, 0.717) is 12.1 Å². The molecule has 2 aromatic rings. The highest BCUT2D eigenvalue weighted by atomic mass is 79.9. The van der Waals surface area contributed by atoms with Crippen LogP contribution in [0.5, 0.6) is 0 Å². The Balaban J connectivity index is 2.12. The number of hydrogen-bond acceptors (Lipinski definition) is 4. The zero-order chi connectivity index (χ0) is 14.5. The highest BCUT2D eigenvalue weighted by Crippen LogP contribution is 2.18. The minimum Gasteiger partial charge on any atom is -0.465 e. The van der Waals surface area contributed by atoms with Gasteiger partial charge in [-0.3, -0.25) is 4.98 Å². The van der Waals surface area contributed by atoms with Crippen LogP contribution in [0.2, 0.25) is 0 Å². The number of methoxy groups -OCH3 is 1. The Morgan fingerprint density at radius 2 is 2.15 bits per heavy atom. The van der Waals surface area contributed by atoms with E-state index in [-0.39, 0.29) is 5.97 Å². The first kappa shape index (κ1) is 14.5. The number of carbonyl (C=O) groups is 1. The van der Waals surface area contributed by atoms with Gasteiger partial charge < -0.3 is 10.1 Å². The summed E-state index contributed by atoms with van der Waals surface area (Å²) in [5.74, 6) is -0.338. The molecule has 0 saturated heterocycles. The number of nitrogens with one attached hydrogen (secondary N) is 1. The topological polar surface area (TPSA) is 51.2 Å². The molecular weight excluding hydrogens is 320 g/mol. The van der Waals surface area contributed by atoms with Gasteiger partial charge in [-0.1, -0.05) is 6.07 Å². The third-order valence-electron chi connectivity index (χ3n) is 2.91. The van der Waals surface area contributed by atoms with E-state index in [4.69, 9.17) is 4.74 Å². The molecule has 2 rings (SSSR count). The zero-order valence-electron chi connectivity index (χ0n) is 11.3. The maximum Gasteiger partial charge on any atom is 0.337 e. The van der Waals surface area contributed by atoms with Crippen LogP contribution in [0.15, 0.2) is 41.0 Å². The van der Waals surface area contributed by atoms with Gasteiger partial charge in [-0.25, -0.2) is 4.79 Å². The van der Waals surface area contributed by atoms with Crippen molar-refractivity contribution in [2.75, 3.05) is 12.4 Å². The molecule has 0 atom stereocenters. The Morgan fingerprint density at radius 3 is 2.80 bits per heavy atom. The van der Waals surface area contributed by atoms with Crippen LogP contribution in [0.4, 0.5) is 5.69 Å². The number of nitrogens with zero attached hydrogens (tertiary/aromatic N) is 1. The molecule has 5 heteroatoms. The molecule has 0 unspecified atom stereocenters. The molecule has 0 fully saturated rings. The zero-order valence-corrected chi connectivity index (χ0v) is 12.9. The predicted octanol–water partition coefficient (Wildman–Crippen LogP) is 3.55. The number of halogens is 1. The molecule has 0 amide bonds. The first-order chi connectivity index (χ1) is 9.60. The van der Waals surface area contributed by atoms with Gasteiger partial charge in [-0.15, -0.1) is 0 Å². The van der Waals surface area contributed by atoms with Crippen LogP contribution < -0.4 is 5.32 Å². The summed E-state index contributed by atoms with van der Waals surface area (Å²) in [6.45, 7) is 2.58. The minimum absolute atomic E-state index is 0.338. The highest BCUT2D eigenvalue weighted by Gasteiger charge is 2.08. The average Bonchev–Trinajstić information content (AvgIpc) is 2.47. The van der Waals surface area contributed by atoms with Gasteiger partial charge in [0.05, 0.1) is 24.9 Å². The summed E-state index contributed by atoms with van der Waals surface area (Å²) < 4.78 is 5.67. The van der Waals surface area contributed by atoms with E-state index < -0.39 is 0 Å². The molecule has 1 aromatic carbocycles. The number of rotatable bonds is 4. The van der Waals surface area contributed by atoms with Crippen molar-refractivity contribution < 1.29 is 9.53 Å². The van der Waals surface area contributed by atoms with E-state index in [1.54, 1.807) is 18.3 Å². The standard InChI is InChI=1S/C15H15BrN2O2/c1-10-3-4-11(15(19)20-2)7-14(10)18-9-13-6-5-12(16)8-17-13/h3-8,18H,9H2,1-2H3. The van der Waals surface area contributed by atoms with Crippen molar-refractivity contribution in [2.24, 2.45) is 0 Å². The molecule has 1 aromatic heterocycles. The molecule has 0 spiro atoms. The number of anilines is 1. The van der Waals surface area contributed by atoms with Gasteiger partial charge in [0.2, 0.25) is 0 Å². The lowest BCUT2D eigenvalue weighted by atomic mass is 10.1. The Labute approximate surface area is 126 Å². The van der Waals surface area contributed by atoms with E-state index in [0.717, 1.165) is 21.4 Å². The summed E-state index contributed by atoms with van der Waals surface area (Å²) in [5.41, 5.74) is 3.42. The number of aryl methyl sites for hydroxylation is 1. The first-order valence-electron chi connectivity index (χ1n) is 6.13. The quantitative estimate of drug-likeness (QED) is 0.868.